The highest BCUT2D eigenvalue weighted by atomic mass is 16.5. The van der Waals surface area contributed by atoms with Gasteiger partial charge in [-0.3, -0.25) is 20.0 Å². The number of hydrogen-bond donors (Lipinski definition) is 2. The summed E-state index contributed by atoms with van der Waals surface area (Å²) < 4.78 is 10.5. The maximum atomic E-state index is 11.8. The quantitative estimate of drug-likeness (QED) is 0.171. The average molecular weight is 509 g/mol. The van der Waals surface area contributed by atoms with E-state index in [2.05, 4.69) is 27.8 Å². The van der Waals surface area contributed by atoms with Gasteiger partial charge in [0.05, 0.1) is 31.6 Å². The summed E-state index contributed by atoms with van der Waals surface area (Å²) in [5.74, 6) is 1.16. The lowest BCUT2D eigenvalue weighted by Crippen LogP contribution is -2.30. The highest BCUT2D eigenvalue weighted by Gasteiger charge is 2.11. The lowest BCUT2D eigenvalue weighted by Gasteiger charge is -2.16. The van der Waals surface area contributed by atoms with Crippen LogP contribution in [0.15, 0.2) is 10.1 Å². The van der Waals surface area contributed by atoms with E-state index in [0.717, 1.165) is 30.8 Å². The number of nitrogens with one attached hydrogen (secondary N) is 2. The van der Waals surface area contributed by atoms with Crippen LogP contribution >= 0.6 is 0 Å². The second kappa shape index (κ2) is 22.4. The fourth-order valence-electron chi connectivity index (χ4n) is 4.03. The van der Waals surface area contributed by atoms with Crippen molar-refractivity contribution in [3.8, 4) is 0 Å². The van der Waals surface area contributed by atoms with Crippen LogP contribution in [-0.2, 0) is 19.1 Å². The zero-order valence-electron chi connectivity index (χ0n) is 23.2. The molecule has 8 heteroatoms. The third-order valence-corrected chi connectivity index (χ3v) is 6.38. The summed E-state index contributed by atoms with van der Waals surface area (Å²) in [5.41, 5.74) is 4.13. The lowest BCUT2D eigenvalue weighted by atomic mass is 10.0. The summed E-state index contributed by atoms with van der Waals surface area (Å²) in [6.45, 7) is 7.57. The number of carbonyl (C=O) groups is 2. The van der Waals surface area contributed by atoms with E-state index in [0.29, 0.717) is 32.8 Å². The van der Waals surface area contributed by atoms with Crippen molar-refractivity contribution in [3.05, 3.63) is 0 Å². The lowest BCUT2D eigenvalue weighted by molar-refractivity contribution is -0.123. The van der Waals surface area contributed by atoms with Gasteiger partial charge in [-0.2, -0.15) is 5.10 Å². The zero-order chi connectivity index (χ0) is 26.3. The Labute approximate surface area is 219 Å². The molecule has 0 bridgehead atoms. The van der Waals surface area contributed by atoms with Gasteiger partial charge >= 0.3 is 0 Å². The third-order valence-electron chi connectivity index (χ3n) is 6.38. The molecule has 0 spiro atoms. The molecule has 0 aromatic rings. The summed E-state index contributed by atoms with van der Waals surface area (Å²) in [4.78, 5) is 27.2. The Bertz CT molecular complexity index is 651. The Balaban J connectivity index is 1.74. The Hall–Kier alpha value is -1.80. The highest BCUT2D eigenvalue weighted by Crippen LogP contribution is 2.14. The number of rotatable bonds is 24. The number of Topliss-reactive ketones (excluding diaryl/α,β-unsaturated/α-hetero) is 1. The number of ether oxygens (including phenoxy) is 2. The van der Waals surface area contributed by atoms with E-state index >= 15 is 0 Å². The number of aliphatic imine (C=N–C) groups is 1. The van der Waals surface area contributed by atoms with Gasteiger partial charge in [-0.1, -0.05) is 70.6 Å². The molecule has 1 amide bonds. The molecule has 1 aliphatic rings. The molecule has 36 heavy (non-hydrogen) atoms. The number of unbranched alkanes of at least 4 members (excludes halogenated alkanes) is 12. The first-order valence-corrected chi connectivity index (χ1v) is 14.3. The number of nitrogens with zero attached hydrogens (tertiary/aromatic N) is 2. The topological polar surface area (TPSA) is 101 Å². The van der Waals surface area contributed by atoms with Crippen LogP contribution in [0, 0.1) is 0 Å². The molecule has 2 N–H and O–H groups in total. The molecule has 1 atom stereocenters. The van der Waals surface area contributed by atoms with Gasteiger partial charge in [-0.15, -0.1) is 0 Å². The van der Waals surface area contributed by atoms with E-state index in [1.165, 1.54) is 77.6 Å². The highest BCUT2D eigenvalue weighted by molar-refractivity contribution is 5.94. The molecule has 1 rings (SSSR count). The van der Waals surface area contributed by atoms with Crippen LogP contribution in [0.4, 0.5) is 0 Å². The molecule has 1 heterocycles. The van der Waals surface area contributed by atoms with E-state index in [9.17, 15) is 9.59 Å². The van der Waals surface area contributed by atoms with Crippen LogP contribution in [0.2, 0.25) is 0 Å². The molecular formula is C28H52N4O4. The third kappa shape index (κ3) is 19.4. The molecular weight excluding hydrogens is 456 g/mol. The molecule has 8 nitrogen and oxygen atoms in total. The van der Waals surface area contributed by atoms with Crippen LogP contribution in [0.3, 0.4) is 0 Å². The van der Waals surface area contributed by atoms with E-state index in [1.807, 2.05) is 6.92 Å². The van der Waals surface area contributed by atoms with Crippen LogP contribution in [-0.4, -0.2) is 62.3 Å². The number of amides is 1. The summed E-state index contributed by atoms with van der Waals surface area (Å²) in [7, 11) is 0. The van der Waals surface area contributed by atoms with Gasteiger partial charge in [-0.05, 0) is 33.6 Å². The molecule has 1 unspecified atom stereocenters. The maximum Gasteiger partial charge on any atom is 0.220 e. The van der Waals surface area contributed by atoms with Gasteiger partial charge in [0.2, 0.25) is 5.91 Å². The van der Waals surface area contributed by atoms with Gasteiger partial charge in [0.15, 0.2) is 5.78 Å². The molecule has 0 aromatic heterocycles. The minimum atomic E-state index is 0.0101. The van der Waals surface area contributed by atoms with E-state index < -0.39 is 0 Å². The van der Waals surface area contributed by atoms with Crippen molar-refractivity contribution in [3.63, 3.8) is 0 Å². The first-order chi connectivity index (χ1) is 17.5. The van der Waals surface area contributed by atoms with Crippen LogP contribution in [0.25, 0.3) is 0 Å². The first kappa shape index (κ1) is 32.2. The summed E-state index contributed by atoms with van der Waals surface area (Å²) in [5, 5.41) is 7.20. The fourth-order valence-corrected chi connectivity index (χ4v) is 4.03. The van der Waals surface area contributed by atoms with Gasteiger partial charge < -0.3 is 14.8 Å². The van der Waals surface area contributed by atoms with E-state index in [1.54, 1.807) is 0 Å². The van der Waals surface area contributed by atoms with Crippen molar-refractivity contribution in [1.82, 2.24) is 10.7 Å². The largest absolute Gasteiger partial charge is 0.377 e. The maximum absolute atomic E-state index is 11.8. The number of hydrazone groups is 1. The average Bonchev–Trinajstić information content (AvgIpc) is 2.85. The number of ketones is 1. The monoisotopic (exact) mass is 508 g/mol. The molecule has 0 saturated carbocycles. The number of amidine groups is 1. The molecule has 0 saturated heterocycles. The number of carbonyl (C=O) groups excluding carboxylic acids is 2. The smallest absolute Gasteiger partial charge is 0.220 e. The second-order valence-electron chi connectivity index (χ2n) is 9.93. The van der Waals surface area contributed by atoms with Crippen LogP contribution < -0.4 is 10.7 Å². The Morgan fingerprint density at radius 3 is 1.97 bits per heavy atom. The Morgan fingerprint density at radius 2 is 1.39 bits per heavy atom. The van der Waals surface area contributed by atoms with Gasteiger partial charge in [0.1, 0.15) is 12.4 Å². The van der Waals surface area contributed by atoms with Gasteiger partial charge in [-0.25, -0.2) is 0 Å². The van der Waals surface area contributed by atoms with Crippen molar-refractivity contribution in [2.75, 3.05) is 33.0 Å². The first-order valence-electron chi connectivity index (χ1n) is 14.3. The van der Waals surface area contributed by atoms with Crippen LogP contribution in [0.1, 0.15) is 117 Å². The minimum Gasteiger partial charge on any atom is -0.377 e. The van der Waals surface area contributed by atoms with Crippen molar-refractivity contribution < 1.29 is 19.1 Å². The molecule has 208 valence electrons. The molecule has 0 fully saturated rings. The molecule has 0 aromatic carbocycles. The summed E-state index contributed by atoms with van der Waals surface area (Å²) in [6.07, 6.45) is 18.1. The predicted molar refractivity (Wildman–Crippen MR) is 148 cm³/mol. The van der Waals surface area contributed by atoms with Crippen molar-refractivity contribution >= 4 is 23.2 Å². The normalized spacial score (nSPS) is 15.2. The Kier molecular flexibility index (Phi) is 20.1. The van der Waals surface area contributed by atoms with E-state index in [4.69, 9.17) is 9.47 Å². The fraction of sp³-hybridized carbons (Fsp3) is 0.857. The van der Waals surface area contributed by atoms with Gasteiger partial charge in [0, 0.05) is 19.4 Å². The van der Waals surface area contributed by atoms with Crippen LogP contribution in [0.5, 0.6) is 0 Å². The van der Waals surface area contributed by atoms with Crippen molar-refractivity contribution in [2.45, 2.75) is 123 Å². The zero-order valence-corrected chi connectivity index (χ0v) is 23.2. The second-order valence-corrected chi connectivity index (χ2v) is 9.93. The number of hydrogen-bond acceptors (Lipinski definition) is 7. The summed E-state index contributed by atoms with van der Waals surface area (Å²) in [6, 6.07) is 0.224. The van der Waals surface area contributed by atoms with E-state index in [-0.39, 0.29) is 24.3 Å². The Morgan fingerprint density at radius 1 is 0.833 bits per heavy atom. The molecule has 1 aliphatic heterocycles. The predicted octanol–water partition coefficient (Wildman–Crippen LogP) is 5.34. The minimum absolute atomic E-state index is 0.0101. The van der Waals surface area contributed by atoms with Crippen molar-refractivity contribution in [2.24, 2.45) is 10.1 Å². The molecule has 0 radical (unpaired) electrons. The van der Waals surface area contributed by atoms with Crippen molar-refractivity contribution in [1.29, 1.82) is 0 Å². The standard InChI is InChI=1S/C28H52N4O4/c1-24(33)23-36-22-21-35-20-19-29-28(34)18-16-14-12-10-8-6-4-5-7-9-11-13-15-17-27-30-25(2)26(3)31-32-27/h25H,4-23H2,1-3H3,(H,29,34)(H,30,32). The SMILES string of the molecule is CC(=O)COCCOCCNC(=O)CCCCCCCCCCCCCCCC1=NC(C)C(C)=NN1. The summed E-state index contributed by atoms with van der Waals surface area (Å²) >= 11 is 0. The van der Waals surface area contributed by atoms with Gasteiger partial charge in [0.25, 0.3) is 0 Å². The molecule has 0 aliphatic carbocycles.